The lowest BCUT2D eigenvalue weighted by Crippen LogP contribution is -2.11. The van der Waals surface area contributed by atoms with E-state index in [2.05, 4.69) is 0 Å². The second kappa shape index (κ2) is 4.76. The number of halogens is 1. The van der Waals surface area contributed by atoms with E-state index in [1.165, 1.54) is 6.07 Å². The minimum absolute atomic E-state index is 0.310. The van der Waals surface area contributed by atoms with Gasteiger partial charge in [0.2, 0.25) is 0 Å². The lowest BCUT2D eigenvalue weighted by Gasteiger charge is -2.20. The summed E-state index contributed by atoms with van der Waals surface area (Å²) in [5, 5.41) is 8.93. The fraction of sp³-hybridized carbons (Fsp3) is 0.0714. The van der Waals surface area contributed by atoms with Crippen molar-refractivity contribution in [3.8, 4) is 6.07 Å². The number of anilines is 3. The lowest BCUT2D eigenvalue weighted by molar-refractivity contribution is 0.627. The lowest BCUT2D eigenvalue weighted by atomic mass is 10.1. The topological polar surface area (TPSA) is 53.0 Å². The van der Waals surface area contributed by atoms with Gasteiger partial charge < -0.3 is 10.6 Å². The standard InChI is InChI=1S/C14H12FN3/c1-18(14-5-3-2-4-12(14)15)11-6-7-13(17)10(8-11)9-16/h2-8H,17H2,1H3. The van der Waals surface area contributed by atoms with Gasteiger partial charge in [0, 0.05) is 18.4 Å². The van der Waals surface area contributed by atoms with Crippen molar-refractivity contribution in [1.29, 1.82) is 5.26 Å². The molecule has 2 N–H and O–H groups in total. The summed E-state index contributed by atoms with van der Waals surface area (Å²) in [6.07, 6.45) is 0. The Kier molecular flexibility index (Phi) is 3.16. The van der Waals surface area contributed by atoms with Crippen LogP contribution in [-0.4, -0.2) is 7.05 Å². The Morgan fingerprint density at radius 1 is 1.22 bits per heavy atom. The molecule has 0 atom stereocenters. The summed E-state index contributed by atoms with van der Waals surface area (Å²) in [6.45, 7) is 0. The van der Waals surface area contributed by atoms with E-state index in [1.54, 1.807) is 48.3 Å². The molecule has 0 bridgehead atoms. The molecule has 0 saturated carbocycles. The summed E-state index contributed by atoms with van der Waals surface area (Å²) >= 11 is 0. The van der Waals surface area contributed by atoms with Crippen molar-refractivity contribution in [2.75, 3.05) is 17.7 Å². The Labute approximate surface area is 105 Å². The van der Waals surface area contributed by atoms with Gasteiger partial charge in [0.25, 0.3) is 0 Å². The molecular formula is C14H12FN3. The van der Waals surface area contributed by atoms with Crippen LogP contribution in [-0.2, 0) is 0 Å². The molecule has 0 spiro atoms. The van der Waals surface area contributed by atoms with Crippen LogP contribution in [0.3, 0.4) is 0 Å². The number of nitrogen functional groups attached to an aromatic ring is 1. The maximum Gasteiger partial charge on any atom is 0.146 e. The third-order valence-corrected chi connectivity index (χ3v) is 2.76. The van der Waals surface area contributed by atoms with E-state index in [-0.39, 0.29) is 5.82 Å². The van der Waals surface area contributed by atoms with Crippen molar-refractivity contribution in [3.05, 3.63) is 53.8 Å². The SMILES string of the molecule is CN(c1ccc(N)c(C#N)c1)c1ccccc1F. The molecule has 0 aliphatic heterocycles. The molecule has 0 heterocycles. The molecule has 0 amide bonds. The molecule has 4 heteroatoms. The van der Waals surface area contributed by atoms with Gasteiger partial charge in [0.05, 0.1) is 11.3 Å². The summed E-state index contributed by atoms with van der Waals surface area (Å²) in [6, 6.07) is 13.5. The quantitative estimate of drug-likeness (QED) is 0.822. The van der Waals surface area contributed by atoms with Crippen molar-refractivity contribution in [3.63, 3.8) is 0 Å². The van der Waals surface area contributed by atoms with E-state index in [1.807, 2.05) is 6.07 Å². The Balaban J connectivity index is 2.44. The monoisotopic (exact) mass is 241 g/mol. The number of benzene rings is 2. The number of nitrogens with zero attached hydrogens (tertiary/aromatic N) is 2. The molecule has 0 unspecified atom stereocenters. The Morgan fingerprint density at radius 3 is 2.61 bits per heavy atom. The minimum atomic E-state index is -0.310. The molecule has 0 aromatic heterocycles. The van der Waals surface area contributed by atoms with Gasteiger partial charge in [-0.25, -0.2) is 4.39 Å². The van der Waals surface area contributed by atoms with Crippen LogP contribution in [0.15, 0.2) is 42.5 Å². The van der Waals surface area contributed by atoms with E-state index < -0.39 is 0 Å². The number of para-hydroxylation sites is 1. The number of hydrogen-bond acceptors (Lipinski definition) is 3. The zero-order valence-corrected chi connectivity index (χ0v) is 9.89. The summed E-state index contributed by atoms with van der Waals surface area (Å²) in [4.78, 5) is 1.68. The van der Waals surface area contributed by atoms with E-state index in [9.17, 15) is 4.39 Å². The van der Waals surface area contributed by atoms with Crippen LogP contribution >= 0.6 is 0 Å². The van der Waals surface area contributed by atoms with Crippen LogP contribution in [0.5, 0.6) is 0 Å². The summed E-state index contributed by atoms with van der Waals surface area (Å²) in [7, 11) is 1.74. The normalized spacial score (nSPS) is 9.83. The molecule has 2 rings (SSSR count). The summed E-state index contributed by atoms with van der Waals surface area (Å²) < 4.78 is 13.7. The van der Waals surface area contributed by atoms with Crippen molar-refractivity contribution >= 4 is 17.1 Å². The molecule has 0 fully saturated rings. The van der Waals surface area contributed by atoms with Crippen molar-refractivity contribution in [2.24, 2.45) is 0 Å². The molecular weight excluding hydrogens is 229 g/mol. The predicted octanol–water partition coefficient (Wildman–Crippen LogP) is 3.05. The van der Waals surface area contributed by atoms with Crippen LogP contribution in [0, 0.1) is 17.1 Å². The maximum atomic E-state index is 13.7. The fourth-order valence-corrected chi connectivity index (χ4v) is 1.71. The van der Waals surface area contributed by atoms with Gasteiger partial charge in [-0.1, -0.05) is 12.1 Å². The number of hydrogen-bond donors (Lipinski definition) is 1. The number of nitrogens with two attached hydrogens (primary N) is 1. The zero-order valence-electron chi connectivity index (χ0n) is 9.89. The predicted molar refractivity (Wildman–Crippen MR) is 70.0 cm³/mol. The largest absolute Gasteiger partial charge is 0.398 e. The average molecular weight is 241 g/mol. The van der Waals surface area contributed by atoms with Crippen LogP contribution in [0.1, 0.15) is 5.56 Å². The van der Waals surface area contributed by atoms with Crippen LogP contribution in [0.4, 0.5) is 21.5 Å². The van der Waals surface area contributed by atoms with E-state index in [0.717, 1.165) is 0 Å². The Hall–Kier alpha value is -2.54. The van der Waals surface area contributed by atoms with Gasteiger partial charge in [-0.3, -0.25) is 0 Å². The van der Waals surface area contributed by atoms with Gasteiger partial charge in [0.1, 0.15) is 11.9 Å². The van der Waals surface area contributed by atoms with Gasteiger partial charge in [-0.05, 0) is 30.3 Å². The third-order valence-electron chi connectivity index (χ3n) is 2.76. The minimum Gasteiger partial charge on any atom is -0.398 e. The molecule has 18 heavy (non-hydrogen) atoms. The first-order valence-electron chi connectivity index (χ1n) is 5.41. The Bertz CT molecular complexity index is 617. The van der Waals surface area contributed by atoms with Crippen LogP contribution < -0.4 is 10.6 Å². The highest BCUT2D eigenvalue weighted by molar-refractivity contribution is 5.68. The number of rotatable bonds is 2. The van der Waals surface area contributed by atoms with Gasteiger partial charge in [-0.2, -0.15) is 5.26 Å². The van der Waals surface area contributed by atoms with E-state index >= 15 is 0 Å². The molecule has 0 aliphatic carbocycles. The molecule has 3 nitrogen and oxygen atoms in total. The third kappa shape index (κ3) is 2.11. The highest BCUT2D eigenvalue weighted by Gasteiger charge is 2.10. The van der Waals surface area contributed by atoms with Crippen LogP contribution in [0.2, 0.25) is 0 Å². The fourth-order valence-electron chi connectivity index (χ4n) is 1.71. The smallest absolute Gasteiger partial charge is 0.146 e. The first kappa shape index (κ1) is 11.9. The van der Waals surface area contributed by atoms with E-state index in [4.69, 9.17) is 11.0 Å². The van der Waals surface area contributed by atoms with Crippen molar-refractivity contribution in [2.45, 2.75) is 0 Å². The van der Waals surface area contributed by atoms with Gasteiger partial charge >= 0.3 is 0 Å². The maximum absolute atomic E-state index is 13.7. The highest BCUT2D eigenvalue weighted by Crippen LogP contribution is 2.28. The van der Waals surface area contributed by atoms with Crippen LogP contribution in [0.25, 0.3) is 0 Å². The molecule has 2 aromatic carbocycles. The summed E-state index contributed by atoms with van der Waals surface area (Å²) in [5.74, 6) is -0.310. The van der Waals surface area contributed by atoms with Gasteiger partial charge in [-0.15, -0.1) is 0 Å². The molecule has 2 aromatic rings. The second-order valence-electron chi connectivity index (χ2n) is 3.89. The highest BCUT2D eigenvalue weighted by atomic mass is 19.1. The zero-order chi connectivity index (χ0) is 13.1. The first-order chi connectivity index (χ1) is 8.63. The van der Waals surface area contributed by atoms with Gasteiger partial charge in [0.15, 0.2) is 0 Å². The number of nitriles is 1. The van der Waals surface area contributed by atoms with E-state index in [0.29, 0.717) is 22.6 Å². The molecule has 0 saturated heterocycles. The molecule has 90 valence electrons. The van der Waals surface area contributed by atoms with Crippen molar-refractivity contribution < 1.29 is 4.39 Å². The second-order valence-corrected chi connectivity index (χ2v) is 3.89. The molecule has 0 aliphatic rings. The average Bonchev–Trinajstić information content (AvgIpc) is 2.39. The first-order valence-corrected chi connectivity index (χ1v) is 5.41. The molecule has 0 radical (unpaired) electrons. The van der Waals surface area contributed by atoms with Crippen molar-refractivity contribution in [1.82, 2.24) is 0 Å². The Morgan fingerprint density at radius 2 is 1.94 bits per heavy atom. The summed E-state index contributed by atoms with van der Waals surface area (Å²) in [5.41, 5.74) is 7.62.